The maximum atomic E-state index is 13.0. The van der Waals surface area contributed by atoms with Gasteiger partial charge in [0.25, 0.3) is 5.92 Å². The van der Waals surface area contributed by atoms with E-state index in [1.165, 1.54) is 7.11 Å². The van der Waals surface area contributed by atoms with Crippen molar-refractivity contribution in [3.63, 3.8) is 0 Å². The molecule has 1 unspecified atom stereocenters. The summed E-state index contributed by atoms with van der Waals surface area (Å²) >= 11 is 5.83. The third-order valence-corrected chi connectivity index (χ3v) is 3.36. The molecule has 1 heterocycles. The van der Waals surface area contributed by atoms with Gasteiger partial charge in [0.15, 0.2) is 0 Å². The smallest absolute Gasteiger partial charge is 0.262 e. The molecule has 1 aromatic rings. The standard InChI is InChI=1S/C13H15ClF2N2O2/c1-20-11-4-9(14)3-2-8(11)6-17-12(19)10-5-13(15,16)7-18-10/h2-4,10,18H,5-7H2,1H3,(H,17,19). The lowest BCUT2D eigenvalue weighted by molar-refractivity contribution is -0.123. The number of benzene rings is 1. The van der Waals surface area contributed by atoms with Crippen molar-refractivity contribution < 1.29 is 18.3 Å². The highest BCUT2D eigenvalue weighted by Crippen LogP contribution is 2.26. The average molecular weight is 305 g/mol. The predicted molar refractivity (Wildman–Crippen MR) is 71.2 cm³/mol. The van der Waals surface area contributed by atoms with Gasteiger partial charge in [0.2, 0.25) is 5.91 Å². The number of carbonyl (C=O) groups is 1. The van der Waals surface area contributed by atoms with E-state index in [0.717, 1.165) is 5.56 Å². The first-order valence-corrected chi connectivity index (χ1v) is 6.50. The zero-order chi connectivity index (χ0) is 14.8. The Morgan fingerprint density at radius 2 is 2.35 bits per heavy atom. The molecule has 1 aliphatic rings. The van der Waals surface area contributed by atoms with Gasteiger partial charge in [-0.05, 0) is 12.1 Å². The third kappa shape index (κ3) is 3.58. The van der Waals surface area contributed by atoms with E-state index < -0.39 is 30.8 Å². The van der Waals surface area contributed by atoms with E-state index in [2.05, 4.69) is 10.6 Å². The molecule has 1 amide bonds. The predicted octanol–water partition coefficient (Wildman–Crippen LogP) is 1.96. The molecule has 0 radical (unpaired) electrons. The molecule has 1 atom stereocenters. The Morgan fingerprint density at radius 1 is 1.60 bits per heavy atom. The van der Waals surface area contributed by atoms with Gasteiger partial charge < -0.3 is 10.1 Å². The highest BCUT2D eigenvalue weighted by Gasteiger charge is 2.42. The van der Waals surface area contributed by atoms with Gasteiger partial charge in [-0.1, -0.05) is 17.7 Å². The maximum absolute atomic E-state index is 13.0. The van der Waals surface area contributed by atoms with Crippen LogP contribution in [-0.2, 0) is 11.3 Å². The summed E-state index contributed by atoms with van der Waals surface area (Å²) in [7, 11) is 1.50. The number of ether oxygens (including phenoxy) is 1. The fourth-order valence-corrected chi connectivity index (χ4v) is 2.23. The zero-order valence-electron chi connectivity index (χ0n) is 10.9. The van der Waals surface area contributed by atoms with Gasteiger partial charge in [-0.25, -0.2) is 8.78 Å². The van der Waals surface area contributed by atoms with Crippen LogP contribution in [0.3, 0.4) is 0 Å². The summed E-state index contributed by atoms with van der Waals surface area (Å²) in [6.45, 7) is -0.266. The van der Waals surface area contributed by atoms with Gasteiger partial charge in [0.05, 0.1) is 19.7 Å². The number of alkyl halides is 2. The summed E-state index contributed by atoms with van der Waals surface area (Å²) in [6.07, 6.45) is -0.476. The first-order chi connectivity index (χ1) is 9.41. The van der Waals surface area contributed by atoms with Crippen LogP contribution in [0.4, 0.5) is 8.78 Å². The quantitative estimate of drug-likeness (QED) is 0.894. The lowest BCUT2D eigenvalue weighted by atomic mass is 10.1. The second kappa shape index (κ2) is 5.93. The average Bonchev–Trinajstić information content (AvgIpc) is 2.77. The second-order valence-corrected chi connectivity index (χ2v) is 5.10. The molecule has 2 rings (SSSR count). The summed E-state index contributed by atoms with van der Waals surface area (Å²) in [5.41, 5.74) is 0.731. The van der Waals surface area contributed by atoms with Crippen molar-refractivity contribution in [2.45, 2.75) is 24.9 Å². The number of nitrogens with one attached hydrogen (secondary N) is 2. The molecule has 0 spiro atoms. The molecule has 0 aliphatic carbocycles. The number of carbonyl (C=O) groups excluding carboxylic acids is 1. The molecule has 7 heteroatoms. The monoisotopic (exact) mass is 304 g/mol. The molecular weight excluding hydrogens is 290 g/mol. The van der Waals surface area contributed by atoms with Crippen molar-refractivity contribution in [2.75, 3.05) is 13.7 Å². The van der Waals surface area contributed by atoms with Gasteiger partial charge >= 0.3 is 0 Å². The Hall–Kier alpha value is -1.40. The Balaban J connectivity index is 1.94. The Morgan fingerprint density at radius 3 is 2.95 bits per heavy atom. The van der Waals surface area contributed by atoms with Crippen LogP contribution < -0.4 is 15.4 Å². The molecular formula is C13H15ClF2N2O2. The van der Waals surface area contributed by atoms with Crippen molar-refractivity contribution in [1.29, 1.82) is 0 Å². The van der Waals surface area contributed by atoms with Crippen LogP contribution in [-0.4, -0.2) is 31.5 Å². The normalized spacial score (nSPS) is 20.7. The van der Waals surface area contributed by atoms with Crippen molar-refractivity contribution in [3.05, 3.63) is 28.8 Å². The molecule has 0 bridgehead atoms. The molecule has 4 nitrogen and oxygen atoms in total. The Kier molecular flexibility index (Phi) is 4.45. The van der Waals surface area contributed by atoms with E-state index in [1.807, 2.05) is 0 Å². The van der Waals surface area contributed by atoms with E-state index in [4.69, 9.17) is 16.3 Å². The molecule has 110 valence electrons. The van der Waals surface area contributed by atoms with Crippen molar-refractivity contribution >= 4 is 17.5 Å². The largest absolute Gasteiger partial charge is 0.496 e. The van der Waals surface area contributed by atoms with Gasteiger partial charge in [-0.2, -0.15) is 0 Å². The van der Waals surface area contributed by atoms with Crippen molar-refractivity contribution in [3.8, 4) is 5.75 Å². The molecule has 1 fully saturated rings. The highest BCUT2D eigenvalue weighted by molar-refractivity contribution is 6.30. The van der Waals surface area contributed by atoms with E-state index in [0.29, 0.717) is 10.8 Å². The van der Waals surface area contributed by atoms with Crippen LogP contribution in [0.2, 0.25) is 5.02 Å². The fourth-order valence-electron chi connectivity index (χ4n) is 2.07. The van der Waals surface area contributed by atoms with Gasteiger partial charge in [0.1, 0.15) is 5.75 Å². The SMILES string of the molecule is COc1cc(Cl)ccc1CNC(=O)C1CC(F)(F)CN1. The number of halogens is 3. The van der Waals surface area contributed by atoms with E-state index in [9.17, 15) is 13.6 Å². The minimum absolute atomic E-state index is 0.197. The van der Waals surface area contributed by atoms with Gasteiger partial charge in [-0.3, -0.25) is 10.1 Å². The molecule has 1 aliphatic heterocycles. The lowest BCUT2D eigenvalue weighted by Crippen LogP contribution is -2.40. The molecule has 0 aromatic heterocycles. The van der Waals surface area contributed by atoms with E-state index in [-0.39, 0.29) is 6.54 Å². The summed E-state index contributed by atoms with van der Waals surface area (Å²) in [5.74, 6) is -2.72. The number of rotatable bonds is 4. The van der Waals surface area contributed by atoms with E-state index >= 15 is 0 Å². The van der Waals surface area contributed by atoms with Gasteiger partial charge in [0, 0.05) is 23.6 Å². The molecule has 1 aromatic carbocycles. The first-order valence-electron chi connectivity index (χ1n) is 6.12. The summed E-state index contributed by atoms with van der Waals surface area (Å²) in [6, 6.07) is 4.17. The topological polar surface area (TPSA) is 50.4 Å². The summed E-state index contributed by atoms with van der Waals surface area (Å²) in [4.78, 5) is 11.8. The van der Waals surface area contributed by atoms with E-state index in [1.54, 1.807) is 18.2 Å². The van der Waals surface area contributed by atoms with Crippen LogP contribution in [0.15, 0.2) is 18.2 Å². The van der Waals surface area contributed by atoms with Crippen LogP contribution in [0, 0.1) is 0 Å². The Bertz CT molecular complexity index is 511. The van der Waals surface area contributed by atoms with Gasteiger partial charge in [-0.15, -0.1) is 0 Å². The van der Waals surface area contributed by atoms with Crippen LogP contribution in [0.25, 0.3) is 0 Å². The number of hydrogen-bond donors (Lipinski definition) is 2. The van der Waals surface area contributed by atoms with Crippen LogP contribution in [0.1, 0.15) is 12.0 Å². The molecule has 1 saturated heterocycles. The molecule has 20 heavy (non-hydrogen) atoms. The fraction of sp³-hybridized carbons (Fsp3) is 0.462. The summed E-state index contributed by atoms with van der Waals surface area (Å²) < 4.78 is 31.2. The van der Waals surface area contributed by atoms with Crippen molar-refractivity contribution in [2.24, 2.45) is 0 Å². The molecule has 0 saturated carbocycles. The number of methoxy groups -OCH3 is 1. The maximum Gasteiger partial charge on any atom is 0.262 e. The number of hydrogen-bond acceptors (Lipinski definition) is 3. The second-order valence-electron chi connectivity index (χ2n) is 4.67. The van der Waals surface area contributed by atoms with Crippen molar-refractivity contribution in [1.82, 2.24) is 10.6 Å². The number of amides is 1. The lowest BCUT2D eigenvalue weighted by Gasteiger charge is -2.13. The summed E-state index contributed by atoms with van der Waals surface area (Å²) in [5, 5.41) is 5.64. The zero-order valence-corrected chi connectivity index (χ0v) is 11.6. The molecule has 2 N–H and O–H groups in total. The third-order valence-electron chi connectivity index (χ3n) is 3.13. The minimum Gasteiger partial charge on any atom is -0.496 e. The Labute approximate surface area is 120 Å². The minimum atomic E-state index is -2.82. The first kappa shape index (κ1) is 15.0. The van der Waals surface area contributed by atoms with Crippen LogP contribution in [0.5, 0.6) is 5.75 Å². The van der Waals surface area contributed by atoms with Crippen LogP contribution >= 0.6 is 11.6 Å². The highest BCUT2D eigenvalue weighted by atomic mass is 35.5.